The summed E-state index contributed by atoms with van der Waals surface area (Å²) in [7, 11) is 0. The van der Waals surface area contributed by atoms with Gasteiger partial charge in [0.15, 0.2) is 25.1 Å². The van der Waals surface area contributed by atoms with Crippen molar-refractivity contribution in [1.29, 1.82) is 5.26 Å². The van der Waals surface area contributed by atoms with E-state index in [1.165, 1.54) is 43.9 Å². The van der Waals surface area contributed by atoms with Crippen molar-refractivity contribution in [2.24, 2.45) is 0 Å². The number of pyridine rings is 2. The Labute approximate surface area is 195 Å². The molecule has 0 radical (unpaired) electrons. The van der Waals surface area contributed by atoms with Crippen LogP contribution in [0.25, 0.3) is 37.6 Å². The predicted octanol–water partition coefficient (Wildman–Crippen LogP) is 5.49. The van der Waals surface area contributed by atoms with E-state index in [0.29, 0.717) is 13.0 Å². The summed E-state index contributed by atoms with van der Waals surface area (Å²) in [5, 5.41) is 12.7. The summed E-state index contributed by atoms with van der Waals surface area (Å²) in [4.78, 5) is 3.55. The van der Waals surface area contributed by atoms with Crippen LogP contribution in [0.2, 0.25) is 0 Å². The van der Waals surface area contributed by atoms with Crippen LogP contribution in [0.3, 0.4) is 0 Å². The van der Waals surface area contributed by atoms with Crippen molar-refractivity contribution in [2.75, 3.05) is 6.54 Å². The van der Waals surface area contributed by atoms with Gasteiger partial charge in [-0.3, -0.25) is 0 Å². The highest BCUT2D eigenvalue weighted by atomic mass is 15.0. The van der Waals surface area contributed by atoms with Crippen molar-refractivity contribution in [1.82, 2.24) is 0 Å². The molecule has 0 saturated carbocycles. The molecule has 0 unspecified atom stereocenters. The minimum atomic E-state index is -0.122. The van der Waals surface area contributed by atoms with Crippen LogP contribution in [-0.4, -0.2) is 6.54 Å². The zero-order chi connectivity index (χ0) is 23.0. The maximum Gasteiger partial charge on any atom is 0.220 e. The Balaban J connectivity index is 1.69. The number of aryl methyl sites for hydroxylation is 2. The molecule has 0 aliphatic heterocycles. The second kappa shape index (κ2) is 8.30. The Bertz CT molecular complexity index is 1470. The van der Waals surface area contributed by atoms with Gasteiger partial charge in [0.1, 0.15) is 6.54 Å². The van der Waals surface area contributed by atoms with E-state index in [2.05, 4.69) is 95.0 Å². The molecule has 0 amide bonds. The van der Waals surface area contributed by atoms with Crippen LogP contribution in [0.4, 0.5) is 0 Å². The van der Waals surface area contributed by atoms with Crippen molar-refractivity contribution in [3.63, 3.8) is 0 Å². The zero-order valence-electron chi connectivity index (χ0n) is 19.3. The Morgan fingerprint density at radius 3 is 2.67 bits per heavy atom. The molecule has 4 nitrogen and oxygen atoms in total. The van der Waals surface area contributed by atoms with Crippen LogP contribution in [0.1, 0.15) is 44.2 Å². The minimum absolute atomic E-state index is 0.122. The molecule has 4 aromatic rings. The Kier molecular flexibility index (Phi) is 5.31. The molecule has 5 rings (SSSR count). The topological polar surface area (TPSA) is 35.9 Å². The number of benzene rings is 2. The SMILES string of the molecule is [C-]#[N+]CCC[n+]1cc2c(c3ccccc31)-c1ccc3c[n+](CCCC#N)ccc3c1C2(C)C. The van der Waals surface area contributed by atoms with Gasteiger partial charge in [0.2, 0.25) is 12.1 Å². The number of nitriles is 1. The van der Waals surface area contributed by atoms with Gasteiger partial charge in [-0.05, 0) is 28.6 Å². The average molecular weight is 433 g/mol. The average Bonchev–Trinajstić information content (AvgIpc) is 3.06. The lowest BCUT2D eigenvalue weighted by atomic mass is 9.81. The molecule has 2 aromatic heterocycles. The third-order valence-electron chi connectivity index (χ3n) is 7.00. The largest absolute Gasteiger partial charge is 0.317 e. The number of rotatable bonds is 6. The van der Waals surface area contributed by atoms with Gasteiger partial charge < -0.3 is 4.85 Å². The lowest BCUT2D eigenvalue weighted by Gasteiger charge is -2.22. The highest BCUT2D eigenvalue weighted by Gasteiger charge is 2.41. The zero-order valence-corrected chi connectivity index (χ0v) is 19.3. The summed E-state index contributed by atoms with van der Waals surface area (Å²) in [6, 6.07) is 17.7. The number of hydrogen-bond acceptors (Lipinski definition) is 1. The summed E-state index contributed by atoms with van der Waals surface area (Å²) >= 11 is 0. The van der Waals surface area contributed by atoms with E-state index in [4.69, 9.17) is 11.8 Å². The number of hydrogen-bond donors (Lipinski definition) is 0. The second-order valence-corrected chi connectivity index (χ2v) is 9.42. The molecule has 1 aliphatic carbocycles. The Morgan fingerprint density at radius 2 is 1.85 bits per heavy atom. The highest BCUT2D eigenvalue weighted by molar-refractivity contribution is 6.04. The Hall–Kier alpha value is -3.76. The number of unbranched alkanes of at least 4 members (excludes halogenated alkanes) is 1. The minimum Gasteiger partial charge on any atom is -0.317 e. The number of fused-ring (bicyclic) bond motifs is 7. The molecule has 0 spiro atoms. The van der Waals surface area contributed by atoms with Gasteiger partial charge in [-0.25, -0.2) is 11.1 Å². The molecule has 0 saturated heterocycles. The normalized spacial score (nSPS) is 13.5. The van der Waals surface area contributed by atoms with Crippen molar-refractivity contribution < 1.29 is 9.13 Å². The molecule has 33 heavy (non-hydrogen) atoms. The maximum absolute atomic E-state index is 8.85. The number of para-hydroxylation sites is 1. The lowest BCUT2D eigenvalue weighted by Crippen LogP contribution is -2.36. The van der Waals surface area contributed by atoms with Gasteiger partial charge in [-0.1, -0.05) is 32.0 Å². The monoisotopic (exact) mass is 432 g/mol. The molecule has 0 bridgehead atoms. The molecule has 2 aromatic carbocycles. The second-order valence-electron chi connectivity index (χ2n) is 9.42. The van der Waals surface area contributed by atoms with Crippen LogP contribution in [0.15, 0.2) is 61.1 Å². The van der Waals surface area contributed by atoms with E-state index in [1.54, 1.807) is 0 Å². The summed E-state index contributed by atoms with van der Waals surface area (Å²) in [5.41, 5.74) is 6.53. The number of aromatic nitrogens is 2. The lowest BCUT2D eigenvalue weighted by molar-refractivity contribution is -0.695. The fraction of sp³-hybridized carbons (Fsp3) is 0.310. The summed E-state index contributed by atoms with van der Waals surface area (Å²) < 4.78 is 4.54. The van der Waals surface area contributed by atoms with E-state index in [9.17, 15) is 0 Å². The van der Waals surface area contributed by atoms with Gasteiger partial charge >= 0.3 is 0 Å². The summed E-state index contributed by atoms with van der Waals surface area (Å²) in [6.07, 6.45) is 9.02. The summed E-state index contributed by atoms with van der Waals surface area (Å²) in [5.74, 6) is 0. The standard InChI is InChI=1S/C29H28N4/c1-29(2)25-20-33(17-8-15-31-3)26-10-5-4-9-23(26)27(25)24-12-11-21-19-32(16-7-6-14-30)18-13-22(21)28(24)29/h4-5,9-13,18-20H,6-8,15-17H2,1-2H3/q+2. The quantitative estimate of drug-likeness (QED) is 0.226. The molecule has 2 heterocycles. The molecule has 4 heteroatoms. The molecule has 1 aliphatic rings. The van der Waals surface area contributed by atoms with E-state index in [0.717, 1.165) is 25.9 Å². The van der Waals surface area contributed by atoms with Crippen molar-refractivity contribution in [3.8, 4) is 17.2 Å². The summed E-state index contributed by atoms with van der Waals surface area (Å²) in [6.45, 7) is 14.1. The van der Waals surface area contributed by atoms with Crippen LogP contribution in [0, 0.1) is 17.9 Å². The smallest absolute Gasteiger partial charge is 0.220 e. The molecule has 162 valence electrons. The molecule has 0 fully saturated rings. The van der Waals surface area contributed by atoms with Crippen molar-refractivity contribution in [2.45, 2.75) is 51.6 Å². The molecular weight excluding hydrogens is 404 g/mol. The van der Waals surface area contributed by atoms with Gasteiger partial charge in [-0.2, -0.15) is 9.83 Å². The van der Waals surface area contributed by atoms with E-state index in [1.807, 2.05) is 0 Å². The first kappa shape index (κ1) is 21.1. The highest BCUT2D eigenvalue weighted by Crippen LogP contribution is 2.52. The fourth-order valence-corrected chi connectivity index (χ4v) is 5.46. The molecular formula is C29H28N4+2. The predicted molar refractivity (Wildman–Crippen MR) is 130 cm³/mol. The third-order valence-corrected chi connectivity index (χ3v) is 7.00. The Morgan fingerprint density at radius 1 is 1.00 bits per heavy atom. The van der Waals surface area contributed by atoms with Crippen molar-refractivity contribution >= 4 is 21.7 Å². The first-order chi connectivity index (χ1) is 16.1. The van der Waals surface area contributed by atoms with E-state index in [-0.39, 0.29) is 5.41 Å². The maximum atomic E-state index is 8.85. The van der Waals surface area contributed by atoms with Crippen LogP contribution >= 0.6 is 0 Å². The van der Waals surface area contributed by atoms with Crippen LogP contribution in [-0.2, 0) is 18.5 Å². The fourth-order valence-electron chi connectivity index (χ4n) is 5.46. The number of nitrogens with zero attached hydrogens (tertiary/aromatic N) is 4. The van der Waals surface area contributed by atoms with E-state index < -0.39 is 0 Å². The van der Waals surface area contributed by atoms with Crippen LogP contribution in [0.5, 0.6) is 0 Å². The molecule has 0 N–H and O–H groups in total. The first-order valence-electron chi connectivity index (χ1n) is 11.7. The first-order valence-corrected chi connectivity index (χ1v) is 11.7. The molecule has 0 atom stereocenters. The van der Waals surface area contributed by atoms with Crippen LogP contribution < -0.4 is 9.13 Å². The van der Waals surface area contributed by atoms with E-state index >= 15 is 0 Å². The van der Waals surface area contributed by atoms with Gasteiger partial charge in [-0.15, -0.1) is 0 Å². The van der Waals surface area contributed by atoms with Gasteiger partial charge in [0.05, 0.1) is 17.9 Å². The van der Waals surface area contributed by atoms with Gasteiger partial charge in [0, 0.05) is 46.9 Å². The van der Waals surface area contributed by atoms with Crippen molar-refractivity contribution in [3.05, 3.63) is 83.6 Å². The van der Waals surface area contributed by atoms with Gasteiger partial charge in [0.25, 0.3) is 0 Å². The third kappa shape index (κ3) is 3.43.